The van der Waals surface area contributed by atoms with Crippen molar-refractivity contribution < 1.29 is 22.3 Å². The molecule has 0 aliphatic carbocycles. The molecule has 1 unspecified atom stereocenters. The highest BCUT2D eigenvalue weighted by atomic mass is 32.2. The number of morpholine rings is 1. The van der Waals surface area contributed by atoms with Gasteiger partial charge in [0.2, 0.25) is 15.9 Å². The zero-order valence-corrected chi connectivity index (χ0v) is 18.4. The Morgan fingerprint density at radius 1 is 1.27 bits per heavy atom. The Morgan fingerprint density at radius 3 is 2.73 bits per heavy atom. The number of hydrogen-bond donors (Lipinski definition) is 0. The maximum atomic E-state index is 13.4. The van der Waals surface area contributed by atoms with Gasteiger partial charge in [0.15, 0.2) is 0 Å². The average Bonchev–Trinajstić information content (AvgIpc) is 2.71. The first kappa shape index (κ1) is 23.1. The second-order valence-corrected chi connectivity index (χ2v) is 10.0. The zero-order chi connectivity index (χ0) is 21.6. The molecule has 1 atom stereocenters. The molecule has 0 aromatic heterocycles. The smallest absolute Gasteiger partial charge is 0.219 e. The van der Waals surface area contributed by atoms with Gasteiger partial charge in [-0.1, -0.05) is 12.1 Å². The molecule has 0 bridgehead atoms. The summed E-state index contributed by atoms with van der Waals surface area (Å²) in [4.78, 5) is 16.4. The summed E-state index contributed by atoms with van der Waals surface area (Å²) in [6.45, 7) is 7.13. The van der Waals surface area contributed by atoms with Gasteiger partial charge in [0, 0.05) is 52.2 Å². The SMILES string of the molecule is CC(=O)N(CCCN1CCOCC1)C1CCCN(S(=O)(=O)Cc2cccc(F)c2)C1. The van der Waals surface area contributed by atoms with Gasteiger partial charge in [0.1, 0.15) is 5.82 Å². The van der Waals surface area contributed by atoms with E-state index < -0.39 is 15.8 Å². The van der Waals surface area contributed by atoms with Crippen LogP contribution in [0.15, 0.2) is 24.3 Å². The molecule has 0 saturated carbocycles. The lowest BCUT2D eigenvalue weighted by Gasteiger charge is -2.39. The van der Waals surface area contributed by atoms with Crippen LogP contribution in [-0.4, -0.2) is 87.0 Å². The number of carbonyl (C=O) groups is 1. The highest BCUT2D eigenvalue weighted by molar-refractivity contribution is 7.88. The van der Waals surface area contributed by atoms with Gasteiger partial charge in [-0.25, -0.2) is 12.8 Å². The molecule has 3 rings (SSSR count). The van der Waals surface area contributed by atoms with Crippen molar-refractivity contribution >= 4 is 15.9 Å². The number of benzene rings is 1. The standard InChI is InChI=1S/C21H32FN3O4S/c1-18(26)25(10-4-8-23-11-13-29-14-12-23)21-7-3-9-24(16-21)30(27,28)17-19-5-2-6-20(22)15-19/h2,5-6,15,21H,3-4,7-14,16-17H2,1H3. The molecule has 2 aliphatic rings. The van der Waals surface area contributed by atoms with Crippen molar-refractivity contribution in [2.24, 2.45) is 0 Å². The molecule has 1 aromatic carbocycles. The Kier molecular flexibility index (Phi) is 8.21. The van der Waals surface area contributed by atoms with Crippen LogP contribution < -0.4 is 0 Å². The van der Waals surface area contributed by atoms with Crippen molar-refractivity contribution in [3.8, 4) is 0 Å². The molecule has 30 heavy (non-hydrogen) atoms. The Balaban J connectivity index is 1.58. The minimum Gasteiger partial charge on any atom is -0.379 e. The van der Waals surface area contributed by atoms with Crippen LogP contribution in [0.2, 0.25) is 0 Å². The van der Waals surface area contributed by atoms with Crippen LogP contribution in [0.25, 0.3) is 0 Å². The highest BCUT2D eigenvalue weighted by Crippen LogP contribution is 2.22. The molecule has 2 fully saturated rings. The molecule has 168 valence electrons. The van der Waals surface area contributed by atoms with Gasteiger partial charge in [-0.3, -0.25) is 9.69 Å². The van der Waals surface area contributed by atoms with Gasteiger partial charge in [-0.2, -0.15) is 4.31 Å². The van der Waals surface area contributed by atoms with E-state index in [1.54, 1.807) is 13.0 Å². The van der Waals surface area contributed by atoms with Gasteiger partial charge < -0.3 is 9.64 Å². The lowest BCUT2D eigenvalue weighted by atomic mass is 10.1. The maximum absolute atomic E-state index is 13.4. The number of nitrogens with zero attached hydrogens (tertiary/aromatic N) is 3. The quantitative estimate of drug-likeness (QED) is 0.614. The summed E-state index contributed by atoms with van der Waals surface area (Å²) in [5.41, 5.74) is 0.436. The Labute approximate surface area is 178 Å². The summed E-state index contributed by atoms with van der Waals surface area (Å²) in [5.74, 6) is -0.692. The molecule has 1 amide bonds. The maximum Gasteiger partial charge on any atom is 0.219 e. The molecule has 0 radical (unpaired) electrons. The number of rotatable bonds is 8. The fourth-order valence-electron chi connectivity index (χ4n) is 4.24. The number of hydrogen-bond acceptors (Lipinski definition) is 5. The van der Waals surface area contributed by atoms with E-state index in [0.717, 1.165) is 45.7 Å². The van der Waals surface area contributed by atoms with Gasteiger partial charge in [0.25, 0.3) is 0 Å². The number of piperidine rings is 1. The van der Waals surface area contributed by atoms with Crippen LogP contribution in [0.4, 0.5) is 4.39 Å². The summed E-state index contributed by atoms with van der Waals surface area (Å²) >= 11 is 0. The van der Waals surface area contributed by atoms with E-state index in [1.165, 1.54) is 22.5 Å². The van der Waals surface area contributed by atoms with Crippen LogP contribution >= 0.6 is 0 Å². The number of halogens is 1. The van der Waals surface area contributed by atoms with E-state index in [2.05, 4.69) is 4.90 Å². The fourth-order valence-corrected chi connectivity index (χ4v) is 5.83. The van der Waals surface area contributed by atoms with Crippen LogP contribution in [0, 0.1) is 5.82 Å². The van der Waals surface area contributed by atoms with Crippen LogP contribution in [-0.2, 0) is 25.3 Å². The summed E-state index contributed by atoms with van der Waals surface area (Å²) in [6.07, 6.45) is 2.36. The molecule has 9 heteroatoms. The first-order chi connectivity index (χ1) is 14.3. The van der Waals surface area contributed by atoms with Gasteiger partial charge in [-0.15, -0.1) is 0 Å². The number of carbonyl (C=O) groups excluding carboxylic acids is 1. The molecule has 2 heterocycles. The first-order valence-corrected chi connectivity index (χ1v) is 12.3. The first-order valence-electron chi connectivity index (χ1n) is 10.6. The average molecular weight is 442 g/mol. The molecular formula is C21H32FN3O4S. The summed E-state index contributed by atoms with van der Waals surface area (Å²) in [7, 11) is -3.58. The third-order valence-electron chi connectivity index (χ3n) is 5.81. The number of ether oxygens (including phenoxy) is 1. The van der Waals surface area contributed by atoms with Gasteiger partial charge in [0.05, 0.1) is 19.0 Å². The Hall–Kier alpha value is -1.55. The van der Waals surface area contributed by atoms with Crippen molar-refractivity contribution in [2.75, 3.05) is 52.5 Å². The lowest BCUT2D eigenvalue weighted by molar-refractivity contribution is -0.132. The minimum absolute atomic E-state index is 0.0219. The molecule has 2 aliphatic heterocycles. The summed E-state index contributed by atoms with van der Waals surface area (Å²) < 4.78 is 46.1. The van der Waals surface area contributed by atoms with E-state index in [9.17, 15) is 17.6 Å². The summed E-state index contributed by atoms with van der Waals surface area (Å²) in [6, 6.07) is 5.57. The van der Waals surface area contributed by atoms with Crippen molar-refractivity contribution in [3.05, 3.63) is 35.6 Å². The zero-order valence-electron chi connectivity index (χ0n) is 17.6. The molecule has 1 aromatic rings. The van der Waals surface area contributed by atoms with E-state index in [0.29, 0.717) is 31.6 Å². The van der Waals surface area contributed by atoms with Crippen molar-refractivity contribution in [1.29, 1.82) is 0 Å². The largest absolute Gasteiger partial charge is 0.379 e. The lowest BCUT2D eigenvalue weighted by Crippen LogP contribution is -2.52. The monoisotopic (exact) mass is 441 g/mol. The number of sulfonamides is 1. The van der Waals surface area contributed by atoms with Crippen molar-refractivity contribution in [3.63, 3.8) is 0 Å². The molecular weight excluding hydrogens is 409 g/mol. The molecule has 7 nitrogen and oxygen atoms in total. The summed E-state index contributed by atoms with van der Waals surface area (Å²) in [5, 5.41) is 0. The van der Waals surface area contributed by atoms with Gasteiger partial charge in [-0.05, 0) is 37.0 Å². The van der Waals surface area contributed by atoms with E-state index in [-0.39, 0.29) is 17.7 Å². The predicted octanol–water partition coefficient (Wildman–Crippen LogP) is 1.69. The third kappa shape index (κ3) is 6.47. The topological polar surface area (TPSA) is 70.2 Å². The molecule has 0 N–H and O–H groups in total. The second-order valence-electron chi connectivity index (χ2n) is 8.06. The minimum atomic E-state index is -3.58. The van der Waals surface area contributed by atoms with Crippen molar-refractivity contribution in [2.45, 2.75) is 38.0 Å². The third-order valence-corrected chi connectivity index (χ3v) is 7.63. The second kappa shape index (κ2) is 10.7. The Bertz CT molecular complexity index is 814. The molecule has 0 spiro atoms. The van der Waals surface area contributed by atoms with E-state index in [4.69, 9.17) is 4.74 Å². The van der Waals surface area contributed by atoms with Crippen LogP contribution in [0.3, 0.4) is 0 Å². The van der Waals surface area contributed by atoms with E-state index in [1.807, 2.05) is 4.90 Å². The number of amides is 1. The molecule has 2 saturated heterocycles. The van der Waals surface area contributed by atoms with E-state index >= 15 is 0 Å². The van der Waals surface area contributed by atoms with Gasteiger partial charge >= 0.3 is 0 Å². The fraction of sp³-hybridized carbons (Fsp3) is 0.667. The normalized spacial score (nSPS) is 21.5. The Morgan fingerprint density at radius 2 is 2.03 bits per heavy atom. The predicted molar refractivity (Wildman–Crippen MR) is 113 cm³/mol. The van der Waals surface area contributed by atoms with Crippen LogP contribution in [0.5, 0.6) is 0 Å². The highest BCUT2D eigenvalue weighted by Gasteiger charge is 2.32. The van der Waals surface area contributed by atoms with Crippen LogP contribution in [0.1, 0.15) is 31.7 Å². The van der Waals surface area contributed by atoms with Crippen molar-refractivity contribution in [1.82, 2.24) is 14.1 Å².